The fraction of sp³-hybridized carbons (Fsp3) is 0.395. The van der Waals surface area contributed by atoms with Gasteiger partial charge in [-0.25, -0.2) is 4.79 Å². The predicted octanol–water partition coefficient (Wildman–Crippen LogP) is 12.1. The number of ether oxygens (including phenoxy) is 2. The molecule has 0 radical (unpaired) electrons. The molecule has 1 saturated carbocycles. The third kappa shape index (κ3) is 11.9. The van der Waals surface area contributed by atoms with E-state index in [1.165, 1.54) is 54.5 Å². The Morgan fingerprint density at radius 2 is 1.18 bits per heavy atom. The van der Waals surface area contributed by atoms with Gasteiger partial charge in [-0.15, -0.1) is 0 Å². The summed E-state index contributed by atoms with van der Waals surface area (Å²) >= 11 is 0. The largest absolute Gasteiger partial charge is 0.426 e. The van der Waals surface area contributed by atoms with Crippen LogP contribution in [0.3, 0.4) is 0 Å². The highest BCUT2D eigenvalue weighted by atomic mass is 19.4. The number of esters is 2. The zero-order valence-electron chi connectivity index (χ0n) is 29.4. The Balaban J connectivity index is 0.000000237. The number of carbonyl (C=O) groups is 2. The van der Waals surface area contributed by atoms with Crippen LogP contribution < -0.4 is 9.47 Å². The van der Waals surface area contributed by atoms with E-state index >= 15 is 0 Å². The number of carbonyl (C=O) groups excluding carboxylic acids is 2. The third-order valence-corrected chi connectivity index (χ3v) is 9.43. The van der Waals surface area contributed by atoms with E-state index in [2.05, 4.69) is 45.0 Å². The number of hydrogen-bond acceptors (Lipinski definition) is 4. The number of aryl methyl sites for hydroxylation is 2. The number of hydrogen-bond donors (Lipinski definition) is 0. The molecule has 0 bridgehead atoms. The molecule has 1 aliphatic rings. The molecule has 0 heterocycles. The number of benzene rings is 4. The summed E-state index contributed by atoms with van der Waals surface area (Å²) in [4.78, 5) is 24.3. The molecule has 1 fully saturated rings. The highest BCUT2D eigenvalue weighted by molar-refractivity contribution is 5.91. The van der Waals surface area contributed by atoms with E-state index < -0.39 is 11.7 Å². The van der Waals surface area contributed by atoms with E-state index in [1.54, 1.807) is 0 Å². The zero-order valence-corrected chi connectivity index (χ0v) is 29.4. The Labute approximate surface area is 295 Å². The van der Waals surface area contributed by atoms with E-state index in [0.29, 0.717) is 17.2 Å². The van der Waals surface area contributed by atoms with E-state index in [4.69, 9.17) is 9.47 Å². The van der Waals surface area contributed by atoms with E-state index in [9.17, 15) is 22.8 Å². The van der Waals surface area contributed by atoms with Crippen molar-refractivity contribution in [3.8, 4) is 22.6 Å². The van der Waals surface area contributed by atoms with Gasteiger partial charge in [0.1, 0.15) is 11.5 Å². The van der Waals surface area contributed by atoms with Crippen LogP contribution in [0.25, 0.3) is 11.1 Å². The van der Waals surface area contributed by atoms with Gasteiger partial charge in [0, 0.05) is 0 Å². The summed E-state index contributed by atoms with van der Waals surface area (Å²) < 4.78 is 48.0. The molecular formula is C43H49F3O4. The van der Waals surface area contributed by atoms with Gasteiger partial charge in [0.2, 0.25) is 0 Å². The molecule has 0 aliphatic heterocycles. The van der Waals surface area contributed by atoms with E-state index in [-0.39, 0.29) is 23.6 Å². The number of alkyl halides is 3. The van der Waals surface area contributed by atoms with Gasteiger partial charge in [-0.3, -0.25) is 4.79 Å². The second-order valence-corrected chi connectivity index (χ2v) is 13.0. The van der Waals surface area contributed by atoms with Crippen LogP contribution in [-0.2, 0) is 23.8 Å². The molecule has 1 aliphatic carbocycles. The maximum absolute atomic E-state index is 12.4. The molecule has 4 nitrogen and oxygen atoms in total. The van der Waals surface area contributed by atoms with Crippen molar-refractivity contribution in [3.05, 3.63) is 119 Å². The van der Waals surface area contributed by atoms with Gasteiger partial charge >= 0.3 is 18.1 Å². The first-order valence-corrected chi connectivity index (χ1v) is 18.0. The topological polar surface area (TPSA) is 52.6 Å². The number of rotatable bonds is 12. The second kappa shape index (κ2) is 19.1. The Morgan fingerprint density at radius 3 is 1.72 bits per heavy atom. The molecule has 0 aromatic heterocycles. The lowest BCUT2D eigenvalue weighted by atomic mass is 9.81. The fourth-order valence-electron chi connectivity index (χ4n) is 6.10. The quantitative estimate of drug-likeness (QED) is 0.0846. The first-order valence-electron chi connectivity index (χ1n) is 18.0. The van der Waals surface area contributed by atoms with Crippen molar-refractivity contribution >= 4 is 11.9 Å². The average Bonchev–Trinajstić information content (AvgIpc) is 3.14. The van der Waals surface area contributed by atoms with E-state index in [0.717, 1.165) is 62.6 Å². The lowest BCUT2D eigenvalue weighted by molar-refractivity contribution is -0.140. The van der Waals surface area contributed by atoms with E-state index in [1.807, 2.05) is 48.5 Å². The third-order valence-electron chi connectivity index (χ3n) is 9.43. The van der Waals surface area contributed by atoms with Crippen LogP contribution in [0.5, 0.6) is 11.5 Å². The Hall–Kier alpha value is -4.39. The summed E-state index contributed by atoms with van der Waals surface area (Å²) in [6, 6.07) is 28.3. The average molecular weight is 687 g/mol. The zero-order chi connectivity index (χ0) is 35.9. The van der Waals surface area contributed by atoms with Gasteiger partial charge in [-0.1, -0.05) is 95.0 Å². The Kier molecular flexibility index (Phi) is 14.7. The highest BCUT2D eigenvalue weighted by Crippen LogP contribution is 2.33. The minimum Gasteiger partial charge on any atom is -0.426 e. The lowest BCUT2D eigenvalue weighted by Gasteiger charge is -2.26. The first kappa shape index (κ1) is 38.4. The van der Waals surface area contributed by atoms with Crippen molar-refractivity contribution in [2.24, 2.45) is 11.8 Å². The number of unbranched alkanes of at least 4 members (excludes halogenated alkanes) is 3. The first-order chi connectivity index (χ1) is 24.1. The van der Waals surface area contributed by atoms with Crippen molar-refractivity contribution in [3.63, 3.8) is 0 Å². The summed E-state index contributed by atoms with van der Waals surface area (Å²) in [6.45, 7) is 6.48. The van der Waals surface area contributed by atoms with Gasteiger partial charge in [0.05, 0.1) is 17.0 Å². The van der Waals surface area contributed by atoms with Crippen molar-refractivity contribution in [1.29, 1.82) is 0 Å². The number of halogens is 3. The summed E-state index contributed by atoms with van der Waals surface area (Å²) in [5, 5.41) is 0. The summed E-state index contributed by atoms with van der Waals surface area (Å²) in [5.41, 5.74) is 4.72. The van der Waals surface area contributed by atoms with Gasteiger partial charge in [0.25, 0.3) is 0 Å². The molecule has 266 valence electrons. The minimum atomic E-state index is -4.37. The minimum absolute atomic E-state index is 0.130. The molecule has 50 heavy (non-hydrogen) atoms. The van der Waals surface area contributed by atoms with Crippen LogP contribution >= 0.6 is 0 Å². The van der Waals surface area contributed by atoms with Gasteiger partial charge in [-0.05, 0) is 122 Å². The predicted molar refractivity (Wildman–Crippen MR) is 193 cm³/mol. The Morgan fingerprint density at radius 1 is 0.640 bits per heavy atom. The summed E-state index contributed by atoms with van der Waals surface area (Å²) in [7, 11) is 0. The van der Waals surface area contributed by atoms with Crippen LogP contribution in [0.1, 0.15) is 106 Å². The maximum atomic E-state index is 12.4. The van der Waals surface area contributed by atoms with Gasteiger partial charge < -0.3 is 9.47 Å². The Bertz CT molecular complexity index is 1600. The lowest BCUT2D eigenvalue weighted by Crippen LogP contribution is -2.25. The smallest absolute Gasteiger partial charge is 0.416 e. The SMILES string of the molecule is CCC1CCC(C(=O)Oc2ccc(C(F)(F)F)cc2)CC1.CCCCCCc1ccc(-c2ccc(OC(=O)c3ccc(CC)cc3)cc2)cc1. The highest BCUT2D eigenvalue weighted by Gasteiger charge is 2.31. The molecule has 4 aromatic rings. The van der Waals surface area contributed by atoms with Gasteiger partial charge in [0.15, 0.2) is 0 Å². The van der Waals surface area contributed by atoms with Gasteiger partial charge in [-0.2, -0.15) is 13.2 Å². The molecule has 0 unspecified atom stereocenters. The summed E-state index contributed by atoms with van der Waals surface area (Å²) in [6.07, 6.45) is 7.65. The molecule has 0 saturated heterocycles. The molecule has 0 spiro atoms. The molecule has 5 rings (SSSR count). The van der Waals surface area contributed by atoms with Crippen LogP contribution in [0, 0.1) is 11.8 Å². The van der Waals surface area contributed by atoms with Crippen molar-refractivity contribution in [2.75, 3.05) is 0 Å². The van der Waals surface area contributed by atoms with Crippen LogP contribution in [0.4, 0.5) is 13.2 Å². The monoisotopic (exact) mass is 686 g/mol. The van der Waals surface area contributed by atoms with Crippen molar-refractivity contribution < 1.29 is 32.2 Å². The molecular weight excluding hydrogens is 637 g/mol. The molecule has 0 N–H and O–H groups in total. The normalized spacial score (nSPS) is 15.8. The maximum Gasteiger partial charge on any atom is 0.416 e. The standard InChI is InChI=1S/C27H30O2.C16H19F3O2/c1-3-5-6-7-8-22-11-13-23(14-12-22)24-17-19-26(20-18-24)29-27(28)25-15-9-21(4-2)10-16-25;1-2-11-3-5-12(6-4-11)15(20)21-14-9-7-13(8-10-14)16(17,18)19/h9-20H,3-8H2,1-2H3;7-12H,2-6H2,1H3. The van der Waals surface area contributed by atoms with Crippen LogP contribution in [-0.4, -0.2) is 11.9 Å². The molecule has 7 heteroatoms. The van der Waals surface area contributed by atoms with Crippen molar-refractivity contribution in [2.45, 2.75) is 97.6 Å². The van der Waals surface area contributed by atoms with Crippen LogP contribution in [0.2, 0.25) is 0 Å². The summed E-state index contributed by atoms with van der Waals surface area (Å²) in [5.74, 6) is 0.629. The van der Waals surface area contributed by atoms with Crippen molar-refractivity contribution in [1.82, 2.24) is 0 Å². The van der Waals surface area contributed by atoms with Crippen LogP contribution in [0.15, 0.2) is 97.1 Å². The second-order valence-electron chi connectivity index (χ2n) is 13.0. The fourth-order valence-corrected chi connectivity index (χ4v) is 6.10. The molecule has 0 atom stereocenters. The molecule has 4 aromatic carbocycles. The molecule has 0 amide bonds.